The number of rotatable bonds is 6. The summed E-state index contributed by atoms with van der Waals surface area (Å²) in [7, 11) is 0. The first-order valence-electron chi connectivity index (χ1n) is 8.79. The fourth-order valence-electron chi connectivity index (χ4n) is 3.16. The molecule has 139 valence electrons. The normalized spacial score (nSPS) is 21.3. The Balaban J connectivity index is 0.00000338. The van der Waals surface area contributed by atoms with Crippen LogP contribution in [0.4, 0.5) is 0 Å². The van der Waals surface area contributed by atoms with Crippen molar-refractivity contribution in [2.45, 2.75) is 51.6 Å². The first kappa shape index (κ1) is 22.8. The van der Waals surface area contributed by atoms with Crippen LogP contribution in [0.1, 0.15) is 38.7 Å². The van der Waals surface area contributed by atoms with Crippen molar-refractivity contribution in [3.05, 3.63) is 41.6 Å². The number of benzene rings is 1. The third-order valence-electron chi connectivity index (χ3n) is 4.82. The largest absolute Gasteiger partial charge is 0.666 e. The van der Waals surface area contributed by atoms with Crippen LogP contribution in [0.15, 0.2) is 30.3 Å². The van der Waals surface area contributed by atoms with Gasteiger partial charge in [-0.05, 0) is 37.7 Å². The second-order valence-electron chi connectivity index (χ2n) is 6.72. The molecule has 6 nitrogen and oxygen atoms in total. The molecule has 3 atom stereocenters. The van der Waals surface area contributed by atoms with Crippen molar-refractivity contribution in [2.75, 3.05) is 6.54 Å². The van der Waals surface area contributed by atoms with E-state index in [2.05, 4.69) is 5.32 Å². The Hall–Kier alpha value is -1.27. The molecule has 2 N–H and O–H groups in total. The SMILES string of the molecule is C[C@@H]1CCCN([C@@H](C)C([NH-])=O)C(=O)[C@H]1NC(=O)CCc1ccccc1.[Y]. The molecule has 1 saturated heterocycles. The van der Waals surface area contributed by atoms with Crippen LogP contribution in [0.2, 0.25) is 0 Å². The van der Waals surface area contributed by atoms with E-state index in [0.29, 0.717) is 19.4 Å². The van der Waals surface area contributed by atoms with E-state index in [1.54, 1.807) is 6.92 Å². The van der Waals surface area contributed by atoms with E-state index in [-0.39, 0.29) is 50.4 Å². The average Bonchev–Trinajstić information content (AvgIpc) is 2.73. The van der Waals surface area contributed by atoms with Crippen LogP contribution < -0.4 is 5.32 Å². The van der Waals surface area contributed by atoms with Crippen molar-refractivity contribution in [1.29, 1.82) is 0 Å². The number of hydrogen-bond acceptors (Lipinski definition) is 3. The first-order valence-corrected chi connectivity index (χ1v) is 8.79. The number of carbonyl (C=O) groups is 3. The summed E-state index contributed by atoms with van der Waals surface area (Å²) in [5.74, 6) is -1.20. The van der Waals surface area contributed by atoms with E-state index in [0.717, 1.165) is 18.4 Å². The number of aryl methyl sites for hydroxylation is 1. The van der Waals surface area contributed by atoms with Crippen LogP contribution in [-0.2, 0) is 53.5 Å². The predicted molar refractivity (Wildman–Crippen MR) is 95.6 cm³/mol. The smallest absolute Gasteiger partial charge is 0.245 e. The summed E-state index contributed by atoms with van der Waals surface area (Å²) >= 11 is 0. The molecule has 1 radical (unpaired) electrons. The van der Waals surface area contributed by atoms with Crippen molar-refractivity contribution in [2.24, 2.45) is 5.92 Å². The molecule has 0 spiro atoms. The van der Waals surface area contributed by atoms with E-state index in [1.807, 2.05) is 37.3 Å². The van der Waals surface area contributed by atoms with Gasteiger partial charge in [0.2, 0.25) is 11.8 Å². The Kier molecular flexibility index (Phi) is 9.44. The van der Waals surface area contributed by atoms with Gasteiger partial charge in [-0.1, -0.05) is 37.3 Å². The Bertz CT molecular complexity index is 624. The second kappa shape index (κ2) is 10.8. The summed E-state index contributed by atoms with van der Waals surface area (Å²) in [5, 5.41) is 2.85. The number of carbonyl (C=O) groups excluding carboxylic acids is 3. The standard InChI is InChI=1S/C19H27N3O3.Y/c1-13-7-6-12-22(14(2)18(20)24)19(25)17(13)21-16(23)11-10-15-8-4-3-5-9-15;/h3-5,8-9,13-14,17H,6-7,10-12H2,1-2H3,(H3,20,21,23,24);/p-1/t13-,14+,17+;/m1./s1. The molecule has 1 aromatic rings. The van der Waals surface area contributed by atoms with Gasteiger partial charge >= 0.3 is 0 Å². The molecule has 1 aromatic carbocycles. The Morgan fingerprint density at radius 3 is 2.58 bits per heavy atom. The molecule has 7 heteroatoms. The van der Waals surface area contributed by atoms with E-state index in [9.17, 15) is 14.4 Å². The number of amides is 3. The first-order chi connectivity index (χ1) is 11.9. The van der Waals surface area contributed by atoms with Gasteiger partial charge in [-0.2, -0.15) is 0 Å². The molecule has 0 bridgehead atoms. The minimum Gasteiger partial charge on any atom is -0.666 e. The zero-order chi connectivity index (χ0) is 18.4. The maximum absolute atomic E-state index is 12.8. The quantitative estimate of drug-likeness (QED) is 0.747. The van der Waals surface area contributed by atoms with Gasteiger partial charge in [0, 0.05) is 45.7 Å². The van der Waals surface area contributed by atoms with Crippen molar-refractivity contribution < 1.29 is 47.1 Å². The fourth-order valence-corrected chi connectivity index (χ4v) is 3.16. The van der Waals surface area contributed by atoms with Crippen LogP contribution in [0, 0.1) is 5.92 Å². The van der Waals surface area contributed by atoms with Crippen LogP contribution >= 0.6 is 0 Å². The summed E-state index contributed by atoms with van der Waals surface area (Å²) in [6.45, 7) is 3.96. The van der Waals surface area contributed by atoms with Crippen LogP contribution in [-0.4, -0.2) is 41.2 Å². The predicted octanol–water partition coefficient (Wildman–Crippen LogP) is 2.33. The number of nitrogens with one attached hydrogen (secondary N) is 2. The van der Waals surface area contributed by atoms with E-state index in [1.165, 1.54) is 4.90 Å². The molecule has 0 aliphatic carbocycles. The molecule has 1 aliphatic heterocycles. The number of likely N-dealkylation sites (tertiary alicyclic amines) is 1. The monoisotopic (exact) mass is 433 g/mol. The van der Waals surface area contributed by atoms with Crippen molar-refractivity contribution in [3.63, 3.8) is 0 Å². The summed E-state index contributed by atoms with van der Waals surface area (Å²) in [5.41, 5.74) is 8.36. The van der Waals surface area contributed by atoms with Crippen molar-refractivity contribution >= 4 is 17.7 Å². The molecule has 26 heavy (non-hydrogen) atoms. The molecule has 1 heterocycles. The van der Waals surface area contributed by atoms with Gasteiger partial charge in [0.1, 0.15) is 6.04 Å². The average molecular weight is 433 g/mol. The summed E-state index contributed by atoms with van der Waals surface area (Å²) in [6, 6.07) is 8.32. The number of nitrogens with zero attached hydrogens (tertiary/aromatic N) is 1. The van der Waals surface area contributed by atoms with Gasteiger partial charge in [-0.15, -0.1) is 0 Å². The minimum absolute atomic E-state index is 0. The minimum atomic E-state index is -0.781. The van der Waals surface area contributed by atoms with Gasteiger partial charge in [-0.25, -0.2) is 0 Å². The number of hydrogen-bond donors (Lipinski definition) is 1. The molecule has 0 aromatic heterocycles. The molecule has 0 saturated carbocycles. The van der Waals surface area contributed by atoms with E-state index < -0.39 is 18.0 Å². The Labute approximate surface area is 180 Å². The third kappa shape index (κ3) is 6.17. The van der Waals surface area contributed by atoms with Crippen LogP contribution in [0.3, 0.4) is 0 Å². The maximum atomic E-state index is 12.8. The van der Waals surface area contributed by atoms with Crippen molar-refractivity contribution in [1.82, 2.24) is 10.2 Å². The van der Waals surface area contributed by atoms with Crippen molar-refractivity contribution in [3.8, 4) is 0 Å². The molecular formula is C19H26N3O3Y-. The molecule has 2 rings (SSSR count). The topological polar surface area (TPSA) is 90.3 Å². The molecule has 1 aliphatic rings. The zero-order valence-electron chi connectivity index (χ0n) is 15.4. The van der Waals surface area contributed by atoms with E-state index in [4.69, 9.17) is 5.73 Å². The summed E-state index contributed by atoms with van der Waals surface area (Å²) < 4.78 is 0. The summed E-state index contributed by atoms with van der Waals surface area (Å²) in [4.78, 5) is 37.9. The molecular weight excluding hydrogens is 407 g/mol. The van der Waals surface area contributed by atoms with E-state index >= 15 is 0 Å². The van der Waals surface area contributed by atoms with Crippen LogP contribution in [0.25, 0.3) is 5.73 Å². The van der Waals surface area contributed by atoms with Gasteiger partial charge in [-0.3, -0.25) is 9.59 Å². The fraction of sp³-hybridized carbons (Fsp3) is 0.526. The Morgan fingerprint density at radius 1 is 1.31 bits per heavy atom. The van der Waals surface area contributed by atoms with Gasteiger partial charge < -0.3 is 20.7 Å². The summed E-state index contributed by atoms with van der Waals surface area (Å²) in [6.07, 6.45) is 2.49. The Morgan fingerprint density at radius 2 is 1.96 bits per heavy atom. The maximum Gasteiger partial charge on any atom is 0.245 e. The molecule has 3 amide bonds. The van der Waals surface area contributed by atoms with Crippen LogP contribution in [0.5, 0.6) is 0 Å². The van der Waals surface area contributed by atoms with Gasteiger partial charge in [0.05, 0.1) is 11.9 Å². The van der Waals surface area contributed by atoms with Gasteiger partial charge in [0.15, 0.2) is 0 Å². The zero-order valence-corrected chi connectivity index (χ0v) is 18.2. The third-order valence-corrected chi connectivity index (χ3v) is 4.82. The molecule has 0 unspecified atom stereocenters. The second-order valence-corrected chi connectivity index (χ2v) is 6.72. The molecule has 1 fully saturated rings. The van der Waals surface area contributed by atoms with Gasteiger partial charge in [0.25, 0.3) is 0 Å².